The summed E-state index contributed by atoms with van der Waals surface area (Å²) in [4.78, 5) is 0. The molecule has 0 aliphatic heterocycles. The van der Waals surface area contributed by atoms with Crippen molar-refractivity contribution in [1.82, 2.24) is 0 Å². The average molecular weight is 357 g/mol. The van der Waals surface area contributed by atoms with Gasteiger partial charge in [-0.05, 0) is 50.1 Å². The minimum atomic E-state index is 0.0651. The fourth-order valence-electron chi connectivity index (χ4n) is 3.94. The lowest BCUT2D eigenvalue weighted by Gasteiger charge is -2.37. The lowest BCUT2D eigenvalue weighted by Crippen LogP contribution is -2.51. The number of hydrogen-bond acceptors (Lipinski definition) is 4. The molecule has 4 heteroatoms. The molecule has 4 nitrogen and oxygen atoms in total. The van der Waals surface area contributed by atoms with E-state index >= 15 is 0 Å². The third-order valence-corrected chi connectivity index (χ3v) is 5.64. The molecule has 3 unspecified atom stereocenters. The van der Waals surface area contributed by atoms with Crippen LogP contribution in [0.2, 0.25) is 0 Å². The van der Waals surface area contributed by atoms with Gasteiger partial charge in [0.25, 0.3) is 0 Å². The van der Waals surface area contributed by atoms with Crippen LogP contribution in [-0.4, -0.2) is 25.2 Å². The fraction of sp³-hybridized carbons (Fsp3) is 1.00. The molecule has 0 amide bonds. The number of unbranched alkanes of at least 4 members (excludes halogenated alkanes) is 8. The van der Waals surface area contributed by atoms with Crippen LogP contribution >= 0.6 is 0 Å². The Hall–Kier alpha value is -0.160. The number of rotatable bonds is 17. The highest BCUT2D eigenvalue weighted by Gasteiger charge is 2.31. The van der Waals surface area contributed by atoms with Crippen molar-refractivity contribution in [2.45, 2.75) is 110 Å². The van der Waals surface area contributed by atoms with Gasteiger partial charge in [0, 0.05) is 12.1 Å². The van der Waals surface area contributed by atoms with Crippen LogP contribution in [0.1, 0.15) is 97.8 Å². The van der Waals surface area contributed by atoms with Gasteiger partial charge in [0.15, 0.2) is 0 Å². The van der Waals surface area contributed by atoms with Crippen molar-refractivity contribution in [1.29, 1.82) is 0 Å². The molecule has 0 heterocycles. The molecule has 0 spiro atoms. The second-order valence-corrected chi connectivity index (χ2v) is 8.82. The Morgan fingerprint density at radius 1 is 0.680 bits per heavy atom. The monoisotopic (exact) mass is 356 g/mol. The van der Waals surface area contributed by atoms with Crippen LogP contribution < -0.4 is 22.9 Å². The molecule has 0 bridgehead atoms. The summed E-state index contributed by atoms with van der Waals surface area (Å²) >= 11 is 0. The van der Waals surface area contributed by atoms with Crippen molar-refractivity contribution in [3.63, 3.8) is 0 Å². The predicted molar refractivity (Wildman–Crippen MR) is 112 cm³/mol. The van der Waals surface area contributed by atoms with Crippen LogP contribution in [0.25, 0.3) is 0 Å². The SMILES string of the molecule is CC(CCN)CC(C)(C)C(N)C(N)CCCCCCCCCCCN. The first kappa shape index (κ1) is 24.8. The van der Waals surface area contributed by atoms with Gasteiger partial charge in [-0.25, -0.2) is 0 Å². The van der Waals surface area contributed by atoms with Gasteiger partial charge in [-0.2, -0.15) is 0 Å². The smallest absolute Gasteiger partial charge is 0.0244 e. The van der Waals surface area contributed by atoms with E-state index in [4.69, 9.17) is 22.9 Å². The Morgan fingerprint density at radius 3 is 1.64 bits per heavy atom. The summed E-state index contributed by atoms with van der Waals surface area (Å²) in [5.41, 5.74) is 24.2. The van der Waals surface area contributed by atoms with E-state index in [1.54, 1.807) is 0 Å². The van der Waals surface area contributed by atoms with Crippen molar-refractivity contribution < 1.29 is 0 Å². The predicted octanol–water partition coefficient (Wildman–Crippen LogP) is 3.90. The second kappa shape index (κ2) is 15.0. The van der Waals surface area contributed by atoms with Crippen LogP contribution in [0.15, 0.2) is 0 Å². The van der Waals surface area contributed by atoms with Crippen molar-refractivity contribution in [2.24, 2.45) is 34.3 Å². The van der Waals surface area contributed by atoms with Crippen LogP contribution in [-0.2, 0) is 0 Å². The molecule has 0 aliphatic rings. The molecule has 0 saturated heterocycles. The van der Waals surface area contributed by atoms with E-state index in [1.807, 2.05) is 0 Å². The largest absolute Gasteiger partial charge is 0.330 e. The molecule has 0 fully saturated rings. The number of hydrogen-bond donors (Lipinski definition) is 4. The second-order valence-electron chi connectivity index (χ2n) is 8.82. The quantitative estimate of drug-likeness (QED) is 0.297. The molecule has 152 valence electrons. The van der Waals surface area contributed by atoms with E-state index in [0.29, 0.717) is 5.92 Å². The van der Waals surface area contributed by atoms with Crippen LogP contribution in [0.3, 0.4) is 0 Å². The molecule has 0 saturated carbocycles. The normalized spacial score (nSPS) is 16.0. The maximum Gasteiger partial charge on any atom is 0.0244 e. The lowest BCUT2D eigenvalue weighted by atomic mass is 9.73. The highest BCUT2D eigenvalue weighted by atomic mass is 14.8. The maximum atomic E-state index is 6.49. The van der Waals surface area contributed by atoms with Gasteiger partial charge in [0.1, 0.15) is 0 Å². The maximum absolute atomic E-state index is 6.49. The van der Waals surface area contributed by atoms with E-state index in [0.717, 1.165) is 32.4 Å². The molecular weight excluding hydrogens is 308 g/mol. The summed E-state index contributed by atoms with van der Waals surface area (Å²) in [6.45, 7) is 8.38. The van der Waals surface area contributed by atoms with Crippen molar-refractivity contribution in [3.05, 3.63) is 0 Å². The Kier molecular flexibility index (Phi) is 14.9. The van der Waals surface area contributed by atoms with E-state index in [9.17, 15) is 0 Å². The molecule has 25 heavy (non-hydrogen) atoms. The highest BCUT2D eigenvalue weighted by molar-refractivity contribution is 4.90. The van der Waals surface area contributed by atoms with Gasteiger partial charge in [-0.1, -0.05) is 72.1 Å². The van der Waals surface area contributed by atoms with Gasteiger partial charge < -0.3 is 22.9 Å². The van der Waals surface area contributed by atoms with Gasteiger partial charge in [0.2, 0.25) is 0 Å². The summed E-state index contributed by atoms with van der Waals surface area (Å²) in [5, 5.41) is 0. The first-order valence-corrected chi connectivity index (χ1v) is 10.8. The van der Waals surface area contributed by atoms with E-state index in [-0.39, 0.29) is 17.5 Å². The molecule has 0 aromatic carbocycles. The zero-order valence-electron chi connectivity index (χ0n) is 17.4. The third-order valence-electron chi connectivity index (χ3n) is 5.64. The summed E-state index contributed by atoms with van der Waals surface area (Å²) in [7, 11) is 0. The van der Waals surface area contributed by atoms with Gasteiger partial charge >= 0.3 is 0 Å². The van der Waals surface area contributed by atoms with E-state index in [2.05, 4.69) is 20.8 Å². The minimum Gasteiger partial charge on any atom is -0.330 e. The average Bonchev–Trinajstić information content (AvgIpc) is 2.55. The Balaban J connectivity index is 3.77. The van der Waals surface area contributed by atoms with Crippen LogP contribution in [0.5, 0.6) is 0 Å². The molecular formula is C21H48N4. The van der Waals surface area contributed by atoms with Gasteiger partial charge in [0.05, 0.1) is 0 Å². The first-order valence-electron chi connectivity index (χ1n) is 10.8. The summed E-state index contributed by atoms with van der Waals surface area (Å²) in [6.07, 6.45) is 14.9. The third kappa shape index (κ3) is 12.8. The van der Waals surface area contributed by atoms with Crippen LogP contribution in [0.4, 0.5) is 0 Å². The molecule has 0 aromatic rings. The standard InChI is InChI=1S/C21H48N4/c1-18(14-16-23)17-21(2,3)20(25)19(24)13-11-9-7-5-4-6-8-10-12-15-22/h18-20H,4-17,22-25H2,1-3H3. The molecule has 3 atom stereocenters. The Bertz CT molecular complexity index is 294. The Labute approximate surface area is 157 Å². The Morgan fingerprint density at radius 2 is 1.16 bits per heavy atom. The molecule has 0 aliphatic carbocycles. The lowest BCUT2D eigenvalue weighted by molar-refractivity contribution is 0.191. The zero-order chi connectivity index (χ0) is 19.1. The topological polar surface area (TPSA) is 104 Å². The van der Waals surface area contributed by atoms with E-state index in [1.165, 1.54) is 57.8 Å². The summed E-state index contributed by atoms with van der Waals surface area (Å²) < 4.78 is 0. The molecule has 0 aromatic heterocycles. The van der Waals surface area contributed by atoms with Crippen molar-refractivity contribution in [3.8, 4) is 0 Å². The van der Waals surface area contributed by atoms with E-state index < -0.39 is 0 Å². The van der Waals surface area contributed by atoms with Gasteiger partial charge in [-0.15, -0.1) is 0 Å². The van der Waals surface area contributed by atoms with Crippen LogP contribution in [0, 0.1) is 11.3 Å². The number of nitrogens with two attached hydrogens (primary N) is 4. The highest BCUT2D eigenvalue weighted by Crippen LogP contribution is 2.31. The molecule has 0 rings (SSSR count). The fourth-order valence-corrected chi connectivity index (χ4v) is 3.94. The minimum absolute atomic E-state index is 0.0651. The van der Waals surface area contributed by atoms with Gasteiger partial charge in [-0.3, -0.25) is 0 Å². The summed E-state index contributed by atoms with van der Waals surface area (Å²) in [6, 6.07) is 0.173. The van der Waals surface area contributed by atoms with Crippen molar-refractivity contribution >= 4 is 0 Å². The molecule has 8 N–H and O–H groups in total. The first-order chi connectivity index (χ1) is 11.8. The zero-order valence-corrected chi connectivity index (χ0v) is 17.4. The van der Waals surface area contributed by atoms with Crippen molar-refractivity contribution in [2.75, 3.05) is 13.1 Å². The molecule has 0 radical (unpaired) electrons. The summed E-state index contributed by atoms with van der Waals surface area (Å²) in [5.74, 6) is 0.614.